The summed E-state index contributed by atoms with van der Waals surface area (Å²) in [4.78, 5) is 11.4. The Kier molecular flexibility index (Phi) is 3.19. The molecular formula is C10H12FNO2. The van der Waals surface area contributed by atoms with Gasteiger partial charge in [0.15, 0.2) is 17.3 Å². The summed E-state index contributed by atoms with van der Waals surface area (Å²) in [5.74, 6) is -1.70. The van der Waals surface area contributed by atoms with Gasteiger partial charge in [0.05, 0.1) is 12.1 Å². The number of rotatable bonds is 3. The number of carbonyl (C=O) groups is 1. The normalized spacial score (nSPS) is 10.2. The van der Waals surface area contributed by atoms with Crippen LogP contribution in [0.1, 0.15) is 15.9 Å². The van der Waals surface area contributed by atoms with Gasteiger partial charge in [-0.15, -0.1) is 0 Å². The minimum atomic E-state index is -0.851. The van der Waals surface area contributed by atoms with E-state index < -0.39 is 11.6 Å². The van der Waals surface area contributed by atoms with Crippen molar-refractivity contribution in [2.24, 2.45) is 0 Å². The highest BCUT2D eigenvalue weighted by Crippen LogP contribution is 2.21. The summed E-state index contributed by atoms with van der Waals surface area (Å²) in [7, 11) is 1.60. The Morgan fingerprint density at radius 1 is 1.57 bits per heavy atom. The summed E-state index contributed by atoms with van der Waals surface area (Å²) in [6, 6.07) is 2.71. The molecule has 0 amide bonds. The number of aromatic hydroxyl groups is 1. The van der Waals surface area contributed by atoms with Gasteiger partial charge in [-0.2, -0.15) is 0 Å². The van der Waals surface area contributed by atoms with Crippen LogP contribution in [0.4, 0.5) is 4.39 Å². The van der Waals surface area contributed by atoms with Crippen molar-refractivity contribution >= 4 is 5.78 Å². The third-order valence-corrected chi connectivity index (χ3v) is 1.84. The Labute approximate surface area is 81.6 Å². The number of ketones is 1. The minimum Gasteiger partial charge on any atom is -0.505 e. The summed E-state index contributed by atoms with van der Waals surface area (Å²) >= 11 is 0. The molecule has 0 aliphatic heterocycles. The quantitative estimate of drug-likeness (QED) is 0.717. The number of Topliss-reactive ketones (excluding diaryl/α,β-unsaturated/α-hetero) is 1. The summed E-state index contributed by atoms with van der Waals surface area (Å²) in [6.45, 7) is 1.75. The summed E-state index contributed by atoms with van der Waals surface area (Å²) in [5.41, 5.74) is 0.584. The van der Waals surface area contributed by atoms with Gasteiger partial charge in [-0.1, -0.05) is 0 Å². The lowest BCUT2D eigenvalue weighted by Gasteiger charge is -2.05. The minimum absolute atomic E-state index is 0.0554. The molecule has 1 aromatic carbocycles. The van der Waals surface area contributed by atoms with Crippen molar-refractivity contribution in [3.05, 3.63) is 29.1 Å². The number of hydrogen-bond donors (Lipinski definition) is 2. The first-order valence-corrected chi connectivity index (χ1v) is 4.23. The third kappa shape index (κ3) is 2.09. The number of phenols is 1. The zero-order valence-electron chi connectivity index (χ0n) is 8.10. The van der Waals surface area contributed by atoms with Crippen LogP contribution in [-0.4, -0.2) is 24.5 Å². The van der Waals surface area contributed by atoms with E-state index in [4.69, 9.17) is 5.11 Å². The van der Waals surface area contributed by atoms with E-state index in [1.165, 1.54) is 12.1 Å². The van der Waals surface area contributed by atoms with Crippen molar-refractivity contribution < 1.29 is 14.3 Å². The second kappa shape index (κ2) is 4.19. The molecule has 0 spiro atoms. The average Bonchev–Trinajstić information content (AvgIpc) is 2.11. The van der Waals surface area contributed by atoms with Crippen LogP contribution in [0.3, 0.4) is 0 Å². The molecule has 14 heavy (non-hydrogen) atoms. The fraction of sp³-hybridized carbons (Fsp3) is 0.300. The molecule has 0 aliphatic carbocycles. The van der Waals surface area contributed by atoms with Crippen LogP contribution in [0.5, 0.6) is 5.75 Å². The van der Waals surface area contributed by atoms with Crippen LogP contribution >= 0.6 is 0 Å². The lowest BCUT2D eigenvalue weighted by Crippen LogP contribution is -2.19. The van der Waals surface area contributed by atoms with Gasteiger partial charge in [0.1, 0.15) is 0 Å². The molecule has 0 atom stereocenters. The van der Waals surface area contributed by atoms with Crippen molar-refractivity contribution in [1.29, 1.82) is 0 Å². The average molecular weight is 197 g/mol. The predicted octanol–water partition coefficient (Wildman–Crippen LogP) is 1.24. The van der Waals surface area contributed by atoms with Crippen LogP contribution < -0.4 is 5.32 Å². The largest absolute Gasteiger partial charge is 0.505 e. The monoisotopic (exact) mass is 197 g/mol. The SMILES string of the molecule is CNCC(=O)c1cc(C)cc(O)c1F. The molecule has 0 aromatic heterocycles. The maximum atomic E-state index is 13.3. The zero-order chi connectivity index (χ0) is 10.7. The first kappa shape index (κ1) is 10.7. The number of hydrogen-bond acceptors (Lipinski definition) is 3. The molecule has 0 radical (unpaired) electrons. The topological polar surface area (TPSA) is 49.3 Å². The molecular weight excluding hydrogens is 185 g/mol. The van der Waals surface area contributed by atoms with Crippen LogP contribution in [0.25, 0.3) is 0 Å². The third-order valence-electron chi connectivity index (χ3n) is 1.84. The number of aryl methyl sites for hydroxylation is 1. The first-order valence-electron chi connectivity index (χ1n) is 4.23. The van der Waals surface area contributed by atoms with Gasteiger partial charge >= 0.3 is 0 Å². The van der Waals surface area contributed by atoms with E-state index in [-0.39, 0.29) is 17.9 Å². The first-order chi connectivity index (χ1) is 6.56. The number of halogens is 1. The number of likely N-dealkylation sites (N-methyl/N-ethyl adjacent to an activating group) is 1. The van der Waals surface area contributed by atoms with Gasteiger partial charge in [-0.25, -0.2) is 4.39 Å². The van der Waals surface area contributed by atoms with Crippen LogP contribution in [0, 0.1) is 12.7 Å². The molecule has 2 N–H and O–H groups in total. The molecule has 4 heteroatoms. The van der Waals surface area contributed by atoms with Crippen LogP contribution in [0.15, 0.2) is 12.1 Å². The Morgan fingerprint density at radius 2 is 2.21 bits per heavy atom. The van der Waals surface area contributed by atoms with E-state index in [2.05, 4.69) is 5.32 Å². The van der Waals surface area contributed by atoms with Crippen LogP contribution in [0.2, 0.25) is 0 Å². The summed E-state index contributed by atoms with van der Waals surface area (Å²) < 4.78 is 13.3. The molecule has 0 bridgehead atoms. The Balaban J connectivity index is 3.13. The number of benzene rings is 1. The van der Waals surface area contributed by atoms with Crippen molar-refractivity contribution in [3.8, 4) is 5.75 Å². The second-order valence-corrected chi connectivity index (χ2v) is 3.10. The van der Waals surface area contributed by atoms with Gasteiger partial charge < -0.3 is 10.4 Å². The zero-order valence-corrected chi connectivity index (χ0v) is 8.10. The predicted molar refractivity (Wildman–Crippen MR) is 51.1 cm³/mol. The van der Waals surface area contributed by atoms with E-state index in [1.54, 1.807) is 14.0 Å². The van der Waals surface area contributed by atoms with Crippen LogP contribution in [-0.2, 0) is 0 Å². The van der Waals surface area contributed by atoms with E-state index in [1.807, 2.05) is 0 Å². The highest BCUT2D eigenvalue weighted by Gasteiger charge is 2.14. The molecule has 0 aliphatic rings. The lowest BCUT2D eigenvalue weighted by atomic mass is 10.1. The molecule has 0 saturated heterocycles. The molecule has 1 rings (SSSR count). The van der Waals surface area contributed by atoms with Gasteiger partial charge in [0.25, 0.3) is 0 Å². The van der Waals surface area contributed by atoms with E-state index in [0.29, 0.717) is 5.56 Å². The highest BCUT2D eigenvalue weighted by molar-refractivity contribution is 5.98. The molecule has 0 fully saturated rings. The molecule has 0 saturated carbocycles. The number of phenolic OH excluding ortho intramolecular Hbond substituents is 1. The van der Waals surface area contributed by atoms with E-state index >= 15 is 0 Å². The van der Waals surface area contributed by atoms with Gasteiger partial charge in [-0.3, -0.25) is 4.79 Å². The van der Waals surface area contributed by atoms with E-state index in [0.717, 1.165) is 0 Å². The number of nitrogens with one attached hydrogen (secondary N) is 1. The van der Waals surface area contributed by atoms with Crippen molar-refractivity contribution in [3.63, 3.8) is 0 Å². The van der Waals surface area contributed by atoms with E-state index in [9.17, 15) is 9.18 Å². The van der Waals surface area contributed by atoms with Crippen molar-refractivity contribution in [2.45, 2.75) is 6.92 Å². The van der Waals surface area contributed by atoms with Gasteiger partial charge in [-0.05, 0) is 31.7 Å². The maximum absolute atomic E-state index is 13.3. The molecule has 0 heterocycles. The fourth-order valence-corrected chi connectivity index (χ4v) is 1.21. The van der Waals surface area contributed by atoms with Crippen molar-refractivity contribution in [1.82, 2.24) is 5.32 Å². The summed E-state index contributed by atoms with van der Waals surface area (Å²) in [5, 5.41) is 11.8. The Hall–Kier alpha value is -1.42. The number of carbonyl (C=O) groups excluding carboxylic acids is 1. The summed E-state index contributed by atoms with van der Waals surface area (Å²) in [6.07, 6.45) is 0. The molecule has 0 unspecified atom stereocenters. The maximum Gasteiger partial charge on any atom is 0.179 e. The smallest absolute Gasteiger partial charge is 0.179 e. The van der Waals surface area contributed by atoms with Gasteiger partial charge in [0, 0.05) is 0 Å². The molecule has 3 nitrogen and oxygen atoms in total. The Bertz CT molecular complexity index is 363. The lowest BCUT2D eigenvalue weighted by molar-refractivity contribution is 0.0989. The molecule has 76 valence electrons. The van der Waals surface area contributed by atoms with Gasteiger partial charge in [0.2, 0.25) is 0 Å². The Morgan fingerprint density at radius 3 is 2.79 bits per heavy atom. The molecule has 1 aromatic rings. The van der Waals surface area contributed by atoms with Crippen molar-refractivity contribution in [2.75, 3.05) is 13.6 Å². The standard InChI is InChI=1S/C10H12FNO2/c1-6-3-7(9(14)5-12-2)10(11)8(13)4-6/h3-4,12-13H,5H2,1-2H3. The fourth-order valence-electron chi connectivity index (χ4n) is 1.21. The highest BCUT2D eigenvalue weighted by atomic mass is 19.1. The second-order valence-electron chi connectivity index (χ2n) is 3.10.